The lowest BCUT2D eigenvalue weighted by atomic mass is 10.0. The first-order valence-corrected chi connectivity index (χ1v) is 15.7. The Morgan fingerprint density at radius 2 is 0.894 bits per heavy atom. The van der Waals surface area contributed by atoms with Crippen LogP contribution in [0.15, 0.2) is 168 Å². The maximum absolute atomic E-state index is 6.44. The third kappa shape index (κ3) is 4.84. The Morgan fingerprint density at radius 3 is 1.57 bits per heavy atom. The fraction of sp³-hybridized carbons (Fsp3) is 0. The van der Waals surface area contributed by atoms with Crippen molar-refractivity contribution >= 4 is 32.8 Å². The molecule has 0 amide bonds. The van der Waals surface area contributed by atoms with E-state index in [2.05, 4.69) is 121 Å². The van der Waals surface area contributed by atoms with Crippen molar-refractivity contribution in [2.75, 3.05) is 0 Å². The van der Waals surface area contributed by atoms with Crippen LogP contribution in [0.2, 0.25) is 0 Å². The van der Waals surface area contributed by atoms with Crippen LogP contribution >= 0.6 is 0 Å². The Balaban J connectivity index is 1.15. The number of hydrogen-bond donors (Lipinski definition) is 0. The van der Waals surface area contributed by atoms with Gasteiger partial charge in [-0.2, -0.15) is 0 Å². The van der Waals surface area contributed by atoms with Crippen LogP contribution in [0, 0.1) is 0 Å². The van der Waals surface area contributed by atoms with Crippen LogP contribution in [0.1, 0.15) is 0 Å². The molecular weight excluding hydrogens is 574 g/mol. The smallest absolute Gasteiger partial charge is 0.162 e. The zero-order chi connectivity index (χ0) is 31.2. The molecule has 0 aliphatic rings. The third-order valence-corrected chi connectivity index (χ3v) is 8.72. The molecule has 0 unspecified atom stereocenters. The molecule has 4 nitrogen and oxygen atoms in total. The minimum atomic E-state index is 0.689. The standard InChI is InChI=1S/C43H27N3O/c1-3-11-28(12-4-1)29-19-21-30(22-20-29)37-27-38(46-43(45-37)33-13-5-2-6-14-33)31-23-25-32(26-24-31)41-42-40(34-15-7-9-17-36(34)44-41)35-16-8-10-18-39(35)47-42/h1-27H. The van der Waals surface area contributed by atoms with E-state index in [1.165, 1.54) is 11.1 Å². The highest BCUT2D eigenvalue weighted by Crippen LogP contribution is 2.39. The average Bonchev–Trinajstić information content (AvgIpc) is 3.55. The molecule has 0 saturated carbocycles. The van der Waals surface area contributed by atoms with Crippen molar-refractivity contribution in [1.82, 2.24) is 15.0 Å². The normalized spacial score (nSPS) is 11.4. The van der Waals surface area contributed by atoms with E-state index in [0.717, 1.165) is 72.2 Å². The molecule has 4 heteroatoms. The molecule has 3 aromatic heterocycles. The largest absolute Gasteiger partial charge is 0.454 e. The third-order valence-electron chi connectivity index (χ3n) is 8.72. The fourth-order valence-electron chi connectivity index (χ4n) is 6.35. The number of para-hydroxylation sites is 2. The first-order valence-electron chi connectivity index (χ1n) is 15.7. The molecule has 0 bridgehead atoms. The van der Waals surface area contributed by atoms with Crippen LogP contribution < -0.4 is 0 Å². The number of rotatable bonds is 5. The van der Waals surface area contributed by atoms with Gasteiger partial charge >= 0.3 is 0 Å². The van der Waals surface area contributed by atoms with Gasteiger partial charge in [0.2, 0.25) is 0 Å². The lowest BCUT2D eigenvalue weighted by Crippen LogP contribution is -1.96. The van der Waals surface area contributed by atoms with Crippen LogP contribution in [0.4, 0.5) is 0 Å². The van der Waals surface area contributed by atoms with E-state index in [1.54, 1.807) is 0 Å². The van der Waals surface area contributed by atoms with Crippen LogP contribution in [-0.2, 0) is 0 Å². The summed E-state index contributed by atoms with van der Waals surface area (Å²) in [6.07, 6.45) is 0. The van der Waals surface area contributed by atoms with Gasteiger partial charge in [-0.05, 0) is 29.3 Å². The molecule has 3 heterocycles. The lowest BCUT2D eigenvalue weighted by Gasteiger charge is -2.11. The molecule has 0 radical (unpaired) electrons. The summed E-state index contributed by atoms with van der Waals surface area (Å²) in [7, 11) is 0. The Labute approximate surface area is 271 Å². The highest BCUT2D eigenvalue weighted by atomic mass is 16.3. The molecule has 6 aromatic carbocycles. The lowest BCUT2D eigenvalue weighted by molar-refractivity contribution is 0.669. The van der Waals surface area contributed by atoms with Gasteiger partial charge in [-0.25, -0.2) is 15.0 Å². The molecule has 0 saturated heterocycles. The second-order valence-corrected chi connectivity index (χ2v) is 11.6. The van der Waals surface area contributed by atoms with Crippen LogP contribution in [0.3, 0.4) is 0 Å². The topological polar surface area (TPSA) is 51.8 Å². The molecular formula is C43H27N3O. The Bertz CT molecular complexity index is 2540. The first-order chi connectivity index (χ1) is 23.3. The van der Waals surface area contributed by atoms with Gasteiger partial charge < -0.3 is 4.42 Å². The molecule has 0 N–H and O–H groups in total. The summed E-state index contributed by atoms with van der Waals surface area (Å²) in [4.78, 5) is 15.1. The van der Waals surface area contributed by atoms with Gasteiger partial charge in [-0.15, -0.1) is 0 Å². The van der Waals surface area contributed by atoms with E-state index in [4.69, 9.17) is 19.4 Å². The molecule has 0 fully saturated rings. The molecule has 0 aliphatic carbocycles. The average molecular weight is 602 g/mol. The van der Waals surface area contributed by atoms with Gasteiger partial charge in [-0.3, -0.25) is 0 Å². The summed E-state index contributed by atoms with van der Waals surface area (Å²) < 4.78 is 6.44. The van der Waals surface area contributed by atoms with E-state index in [1.807, 2.05) is 42.5 Å². The van der Waals surface area contributed by atoms with Crippen molar-refractivity contribution in [3.8, 4) is 56.3 Å². The Hall–Kier alpha value is -6.39. The highest BCUT2D eigenvalue weighted by molar-refractivity contribution is 6.20. The number of hydrogen-bond acceptors (Lipinski definition) is 4. The molecule has 0 aliphatic heterocycles. The van der Waals surface area contributed by atoms with Crippen LogP contribution in [-0.4, -0.2) is 15.0 Å². The molecule has 9 aromatic rings. The maximum Gasteiger partial charge on any atom is 0.162 e. The van der Waals surface area contributed by atoms with Gasteiger partial charge in [0.1, 0.15) is 11.3 Å². The molecule has 47 heavy (non-hydrogen) atoms. The van der Waals surface area contributed by atoms with Crippen molar-refractivity contribution in [3.05, 3.63) is 164 Å². The second-order valence-electron chi connectivity index (χ2n) is 11.6. The van der Waals surface area contributed by atoms with Crippen molar-refractivity contribution in [3.63, 3.8) is 0 Å². The highest BCUT2D eigenvalue weighted by Gasteiger charge is 2.18. The van der Waals surface area contributed by atoms with Crippen LogP contribution in [0.25, 0.3) is 89.1 Å². The van der Waals surface area contributed by atoms with Crippen molar-refractivity contribution in [2.24, 2.45) is 0 Å². The summed E-state index contributed by atoms with van der Waals surface area (Å²) in [5.41, 5.74) is 11.5. The van der Waals surface area contributed by atoms with E-state index in [-0.39, 0.29) is 0 Å². The predicted octanol–water partition coefficient (Wildman–Crippen LogP) is 11.3. The first kappa shape index (κ1) is 27.0. The number of aromatic nitrogens is 3. The Kier molecular flexibility index (Phi) is 6.43. The van der Waals surface area contributed by atoms with Gasteiger partial charge in [0.15, 0.2) is 11.4 Å². The van der Waals surface area contributed by atoms with Gasteiger partial charge in [0, 0.05) is 38.4 Å². The van der Waals surface area contributed by atoms with Crippen molar-refractivity contribution in [1.29, 1.82) is 0 Å². The molecule has 0 spiro atoms. The number of furan rings is 1. The van der Waals surface area contributed by atoms with Gasteiger partial charge in [0.05, 0.1) is 16.9 Å². The van der Waals surface area contributed by atoms with E-state index in [9.17, 15) is 0 Å². The maximum atomic E-state index is 6.44. The number of fused-ring (bicyclic) bond motifs is 5. The van der Waals surface area contributed by atoms with Crippen molar-refractivity contribution in [2.45, 2.75) is 0 Å². The molecule has 220 valence electrons. The minimum Gasteiger partial charge on any atom is -0.454 e. The monoisotopic (exact) mass is 601 g/mol. The Morgan fingerprint density at radius 1 is 0.383 bits per heavy atom. The summed E-state index contributed by atoms with van der Waals surface area (Å²) in [6, 6.07) is 56.1. The summed E-state index contributed by atoms with van der Waals surface area (Å²) in [5.74, 6) is 0.689. The minimum absolute atomic E-state index is 0.689. The number of benzene rings is 6. The van der Waals surface area contributed by atoms with E-state index in [0.29, 0.717) is 5.82 Å². The molecule has 9 rings (SSSR count). The quantitative estimate of drug-likeness (QED) is 0.197. The zero-order valence-corrected chi connectivity index (χ0v) is 25.3. The number of nitrogens with zero attached hydrogens (tertiary/aromatic N) is 3. The second kappa shape index (κ2) is 11.2. The SMILES string of the molecule is c1ccc(-c2ccc(-c3cc(-c4ccc(-c5nc6ccccc6c6c5oc5ccccc56)cc4)nc(-c4ccccc4)n3)cc2)cc1. The summed E-state index contributed by atoms with van der Waals surface area (Å²) in [5, 5.41) is 3.28. The van der Waals surface area contributed by atoms with Gasteiger partial charge in [0.25, 0.3) is 0 Å². The van der Waals surface area contributed by atoms with E-state index < -0.39 is 0 Å². The van der Waals surface area contributed by atoms with Crippen molar-refractivity contribution < 1.29 is 4.42 Å². The van der Waals surface area contributed by atoms with Crippen LogP contribution in [0.5, 0.6) is 0 Å². The van der Waals surface area contributed by atoms with Gasteiger partial charge in [-0.1, -0.05) is 146 Å². The van der Waals surface area contributed by atoms with E-state index >= 15 is 0 Å². The predicted molar refractivity (Wildman–Crippen MR) is 192 cm³/mol. The summed E-state index contributed by atoms with van der Waals surface area (Å²) in [6.45, 7) is 0. The summed E-state index contributed by atoms with van der Waals surface area (Å²) >= 11 is 0. The zero-order valence-electron chi connectivity index (χ0n) is 25.3. The molecule has 0 atom stereocenters. The fourth-order valence-corrected chi connectivity index (χ4v) is 6.35. The number of pyridine rings is 1.